The van der Waals surface area contributed by atoms with Crippen molar-refractivity contribution in [2.75, 3.05) is 0 Å². The Kier molecular flexibility index (Phi) is 2.69. The molecule has 0 saturated heterocycles. The smallest absolute Gasteiger partial charge is 0.135 e. The summed E-state index contributed by atoms with van der Waals surface area (Å²) in [5.74, 6) is 0. The van der Waals surface area contributed by atoms with E-state index in [2.05, 4.69) is 25.1 Å². The van der Waals surface area contributed by atoms with Crippen molar-refractivity contribution in [2.45, 2.75) is 0 Å². The maximum atomic E-state index is 4.79. The number of H-pyrrole nitrogens is 2. The van der Waals surface area contributed by atoms with Gasteiger partial charge in [-0.05, 0) is 42.5 Å². The summed E-state index contributed by atoms with van der Waals surface area (Å²) in [5, 5.41) is 7.48. The predicted molar refractivity (Wildman–Crippen MR) is 92.2 cm³/mol. The van der Waals surface area contributed by atoms with E-state index in [1.54, 1.807) is 18.6 Å². The molecule has 0 radical (unpaired) electrons. The lowest BCUT2D eigenvalue weighted by Gasteiger charge is -2.00. The maximum Gasteiger partial charge on any atom is 0.135 e. The summed E-state index contributed by atoms with van der Waals surface area (Å²) in [6.45, 7) is 0. The molecule has 0 unspecified atom stereocenters. The van der Waals surface area contributed by atoms with Crippen LogP contribution in [-0.4, -0.2) is 30.1 Å². The fourth-order valence-electron chi connectivity index (χ4n) is 2.85. The number of hydrogen-bond acceptors (Lipinski definition) is 4. The molecule has 2 N–H and O–H groups in total. The number of fused-ring (bicyclic) bond motifs is 2. The summed E-state index contributed by atoms with van der Waals surface area (Å²) < 4.78 is 0. The molecule has 5 aromatic heterocycles. The summed E-state index contributed by atoms with van der Waals surface area (Å²) in [7, 11) is 0. The third-order valence-electron chi connectivity index (χ3n) is 4.03. The van der Waals surface area contributed by atoms with Gasteiger partial charge in [0.25, 0.3) is 0 Å². The maximum absolute atomic E-state index is 4.79. The van der Waals surface area contributed by atoms with Crippen molar-refractivity contribution in [1.29, 1.82) is 0 Å². The van der Waals surface area contributed by atoms with Gasteiger partial charge in [-0.2, -0.15) is 5.10 Å². The molecule has 6 heteroatoms. The molecule has 6 nitrogen and oxygen atoms in total. The number of aromatic nitrogens is 6. The summed E-state index contributed by atoms with van der Waals surface area (Å²) in [6.07, 6.45) is 5.31. The Morgan fingerprint density at radius 3 is 2.67 bits per heavy atom. The van der Waals surface area contributed by atoms with Crippen LogP contribution in [0, 0.1) is 0 Å². The van der Waals surface area contributed by atoms with Crippen LogP contribution in [0.3, 0.4) is 0 Å². The van der Waals surface area contributed by atoms with Crippen LogP contribution in [0.15, 0.2) is 61.1 Å². The van der Waals surface area contributed by atoms with Crippen LogP contribution in [0.5, 0.6) is 0 Å². The number of aromatic amines is 2. The number of rotatable bonds is 2. The van der Waals surface area contributed by atoms with E-state index < -0.39 is 0 Å². The monoisotopic (exact) mass is 312 g/mol. The summed E-state index contributed by atoms with van der Waals surface area (Å²) in [6, 6.07) is 13.8. The van der Waals surface area contributed by atoms with E-state index in [1.807, 2.05) is 42.5 Å². The fourth-order valence-corrected chi connectivity index (χ4v) is 2.85. The average molecular weight is 312 g/mol. The Labute approximate surface area is 136 Å². The second-order valence-corrected chi connectivity index (χ2v) is 5.52. The summed E-state index contributed by atoms with van der Waals surface area (Å²) in [4.78, 5) is 16.6. The van der Waals surface area contributed by atoms with Crippen LogP contribution in [0.1, 0.15) is 0 Å². The van der Waals surface area contributed by atoms with Gasteiger partial charge in [-0.25, -0.2) is 4.98 Å². The first-order valence-electron chi connectivity index (χ1n) is 7.58. The van der Waals surface area contributed by atoms with Gasteiger partial charge < -0.3 is 4.98 Å². The Bertz CT molecular complexity index is 1120. The summed E-state index contributed by atoms with van der Waals surface area (Å²) >= 11 is 0. The average Bonchev–Trinajstić information content (AvgIpc) is 3.25. The largest absolute Gasteiger partial charge is 0.352 e. The Morgan fingerprint density at radius 2 is 1.79 bits per heavy atom. The third-order valence-corrected chi connectivity index (χ3v) is 4.03. The van der Waals surface area contributed by atoms with Crippen molar-refractivity contribution in [2.24, 2.45) is 0 Å². The van der Waals surface area contributed by atoms with Crippen LogP contribution in [0.25, 0.3) is 44.7 Å². The number of pyridine rings is 3. The lowest BCUT2D eigenvalue weighted by atomic mass is 10.1. The van der Waals surface area contributed by atoms with Gasteiger partial charge in [-0.15, -0.1) is 0 Å². The SMILES string of the molecule is c1cnc2cc(-c3n[nH]c4ccc(-c5ccncc5)nc34)[nH]c2c1. The van der Waals surface area contributed by atoms with Gasteiger partial charge in [-0.1, -0.05) is 0 Å². The highest BCUT2D eigenvalue weighted by Crippen LogP contribution is 2.28. The van der Waals surface area contributed by atoms with E-state index in [-0.39, 0.29) is 0 Å². The fraction of sp³-hybridized carbons (Fsp3) is 0. The standard InChI is InChI=1S/C18H12N6/c1-2-13-15(20-7-1)10-16(21-13)18-17-14(23-24-18)4-3-12(22-17)11-5-8-19-9-6-11/h1-10,21H,(H,23,24). The van der Waals surface area contributed by atoms with E-state index in [9.17, 15) is 0 Å². The molecule has 5 heterocycles. The van der Waals surface area contributed by atoms with Gasteiger partial charge in [0.2, 0.25) is 0 Å². The van der Waals surface area contributed by atoms with Crippen LogP contribution >= 0.6 is 0 Å². The third kappa shape index (κ3) is 1.97. The molecular weight excluding hydrogens is 300 g/mol. The zero-order chi connectivity index (χ0) is 15.9. The number of hydrogen-bond donors (Lipinski definition) is 2. The number of nitrogens with zero attached hydrogens (tertiary/aromatic N) is 4. The molecule has 0 saturated carbocycles. The van der Waals surface area contributed by atoms with E-state index in [4.69, 9.17) is 4.98 Å². The van der Waals surface area contributed by atoms with E-state index >= 15 is 0 Å². The highest BCUT2D eigenvalue weighted by Gasteiger charge is 2.13. The molecule has 0 fully saturated rings. The Morgan fingerprint density at radius 1 is 0.875 bits per heavy atom. The molecule has 5 aromatic rings. The minimum Gasteiger partial charge on any atom is -0.352 e. The van der Waals surface area contributed by atoms with Gasteiger partial charge in [0, 0.05) is 24.2 Å². The molecule has 24 heavy (non-hydrogen) atoms. The predicted octanol–water partition coefficient (Wildman–Crippen LogP) is 3.56. The van der Waals surface area contributed by atoms with Gasteiger partial charge >= 0.3 is 0 Å². The molecule has 0 atom stereocenters. The molecule has 0 spiro atoms. The zero-order valence-corrected chi connectivity index (χ0v) is 12.6. The highest BCUT2D eigenvalue weighted by molar-refractivity contribution is 5.93. The van der Waals surface area contributed by atoms with Crippen LogP contribution in [0.2, 0.25) is 0 Å². The topological polar surface area (TPSA) is 83.1 Å². The number of nitrogens with one attached hydrogen (secondary N) is 2. The van der Waals surface area contributed by atoms with Gasteiger partial charge in [-0.3, -0.25) is 15.1 Å². The molecule has 114 valence electrons. The van der Waals surface area contributed by atoms with Crippen molar-refractivity contribution < 1.29 is 0 Å². The second kappa shape index (κ2) is 4.99. The molecular formula is C18H12N6. The van der Waals surface area contributed by atoms with E-state index in [0.717, 1.165) is 44.7 Å². The van der Waals surface area contributed by atoms with E-state index in [0.29, 0.717) is 0 Å². The van der Waals surface area contributed by atoms with Crippen LogP contribution in [0.4, 0.5) is 0 Å². The minimum atomic E-state index is 0.791. The first kappa shape index (κ1) is 13.0. The van der Waals surface area contributed by atoms with Crippen molar-refractivity contribution in [1.82, 2.24) is 30.1 Å². The lowest BCUT2D eigenvalue weighted by molar-refractivity contribution is 1.12. The Balaban J connectivity index is 1.71. The van der Waals surface area contributed by atoms with Crippen molar-refractivity contribution in [3.63, 3.8) is 0 Å². The molecule has 0 bridgehead atoms. The quantitative estimate of drug-likeness (QED) is 0.522. The zero-order valence-electron chi connectivity index (χ0n) is 12.6. The molecule has 0 amide bonds. The first-order valence-corrected chi connectivity index (χ1v) is 7.58. The van der Waals surface area contributed by atoms with Crippen molar-refractivity contribution >= 4 is 22.1 Å². The molecule has 0 aliphatic heterocycles. The highest BCUT2D eigenvalue weighted by atomic mass is 15.1. The van der Waals surface area contributed by atoms with Crippen molar-refractivity contribution in [3.8, 4) is 22.6 Å². The van der Waals surface area contributed by atoms with Gasteiger partial charge in [0.05, 0.1) is 27.9 Å². The van der Waals surface area contributed by atoms with Crippen molar-refractivity contribution in [3.05, 3.63) is 61.1 Å². The summed E-state index contributed by atoms with van der Waals surface area (Å²) in [5.41, 5.74) is 7.22. The van der Waals surface area contributed by atoms with Crippen LogP contribution < -0.4 is 0 Å². The van der Waals surface area contributed by atoms with E-state index in [1.165, 1.54) is 0 Å². The normalized spacial score (nSPS) is 11.3. The van der Waals surface area contributed by atoms with Gasteiger partial charge in [0.15, 0.2) is 0 Å². The lowest BCUT2D eigenvalue weighted by Crippen LogP contribution is -1.86. The first-order chi connectivity index (χ1) is 11.9. The van der Waals surface area contributed by atoms with Crippen LogP contribution in [-0.2, 0) is 0 Å². The minimum absolute atomic E-state index is 0.791. The molecule has 5 rings (SSSR count). The second-order valence-electron chi connectivity index (χ2n) is 5.52. The van der Waals surface area contributed by atoms with Gasteiger partial charge in [0.1, 0.15) is 11.2 Å². The molecule has 0 aliphatic rings. The molecule has 0 aromatic carbocycles. The molecule has 0 aliphatic carbocycles. The Hall–Kier alpha value is -3.54.